The number of hydrogen-bond donors (Lipinski definition) is 1. The van der Waals surface area contributed by atoms with Crippen LogP contribution in [-0.2, 0) is 11.2 Å². The Balaban J connectivity index is 1.72. The number of halogens is 2. The summed E-state index contributed by atoms with van der Waals surface area (Å²) in [5.74, 6) is 0.886. The minimum absolute atomic E-state index is 0.0642. The molecule has 1 amide bonds. The van der Waals surface area contributed by atoms with E-state index in [-0.39, 0.29) is 24.7 Å². The van der Waals surface area contributed by atoms with E-state index in [9.17, 15) is 13.6 Å². The third kappa shape index (κ3) is 4.70. The summed E-state index contributed by atoms with van der Waals surface area (Å²) in [6.07, 6.45) is 0.0642. The van der Waals surface area contributed by atoms with Gasteiger partial charge in [-0.15, -0.1) is 0 Å². The van der Waals surface area contributed by atoms with Crippen LogP contribution in [0.15, 0.2) is 36.4 Å². The van der Waals surface area contributed by atoms with Crippen molar-refractivity contribution < 1.29 is 27.8 Å². The molecule has 9 heteroatoms. The van der Waals surface area contributed by atoms with Crippen LogP contribution in [0.2, 0.25) is 0 Å². The molecule has 1 heterocycles. The second-order valence-electron chi connectivity index (χ2n) is 7.02. The number of aromatic nitrogens is 2. The number of hydrogen-bond acceptors (Lipinski definition) is 5. The summed E-state index contributed by atoms with van der Waals surface area (Å²) in [4.78, 5) is 16.8. The first kappa shape index (κ1) is 22.3. The molecule has 7 nitrogen and oxygen atoms in total. The van der Waals surface area contributed by atoms with Gasteiger partial charge in [0.25, 0.3) is 0 Å². The Bertz CT molecular complexity index is 1040. The number of rotatable bonds is 9. The van der Waals surface area contributed by atoms with Gasteiger partial charge in [-0.2, -0.15) is 8.78 Å². The van der Waals surface area contributed by atoms with E-state index in [2.05, 4.69) is 10.3 Å². The number of para-hydroxylation sites is 2. The van der Waals surface area contributed by atoms with Crippen molar-refractivity contribution in [2.75, 3.05) is 27.9 Å². The number of methoxy groups -OCH3 is 3. The van der Waals surface area contributed by atoms with Gasteiger partial charge in [-0.1, -0.05) is 19.1 Å². The predicted octanol–water partition coefficient (Wildman–Crippen LogP) is 3.92. The summed E-state index contributed by atoms with van der Waals surface area (Å²) in [5.41, 5.74) is 1.52. The number of amides is 1. The lowest BCUT2D eigenvalue weighted by Crippen LogP contribution is -2.30. The van der Waals surface area contributed by atoms with Gasteiger partial charge >= 0.3 is 6.55 Å². The van der Waals surface area contributed by atoms with E-state index in [0.717, 1.165) is 4.57 Å². The Morgan fingerprint density at radius 3 is 2.32 bits per heavy atom. The van der Waals surface area contributed by atoms with E-state index in [1.807, 2.05) is 0 Å². The number of carbonyl (C=O) groups excluding carboxylic acids is 1. The smallest absolute Gasteiger partial charge is 0.320 e. The monoisotopic (exact) mass is 433 g/mol. The number of benzene rings is 2. The Hall–Kier alpha value is -3.36. The zero-order valence-electron chi connectivity index (χ0n) is 17.8. The molecule has 3 rings (SSSR count). The highest BCUT2D eigenvalue weighted by Crippen LogP contribution is 2.38. The van der Waals surface area contributed by atoms with Crippen LogP contribution < -0.4 is 19.5 Å². The molecule has 0 spiro atoms. The molecule has 0 aliphatic heterocycles. The van der Waals surface area contributed by atoms with Gasteiger partial charge in [0.2, 0.25) is 11.7 Å². The summed E-state index contributed by atoms with van der Waals surface area (Å²) in [6, 6.07) is 10.1. The maximum atomic E-state index is 13.6. The molecule has 0 fully saturated rings. The summed E-state index contributed by atoms with van der Waals surface area (Å²) in [7, 11) is 4.50. The van der Waals surface area contributed by atoms with E-state index in [1.54, 1.807) is 43.3 Å². The number of fused-ring (bicyclic) bond motifs is 1. The zero-order valence-corrected chi connectivity index (χ0v) is 17.8. The van der Waals surface area contributed by atoms with Gasteiger partial charge in [-0.3, -0.25) is 9.36 Å². The van der Waals surface area contributed by atoms with E-state index in [4.69, 9.17) is 14.2 Å². The van der Waals surface area contributed by atoms with E-state index >= 15 is 0 Å². The van der Waals surface area contributed by atoms with Crippen LogP contribution in [-0.4, -0.2) is 43.3 Å². The summed E-state index contributed by atoms with van der Waals surface area (Å²) in [5, 5.41) is 2.79. The van der Waals surface area contributed by atoms with Crippen LogP contribution >= 0.6 is 0 Å². The molecular weight excluding hydrogens is 408 g/mol. The van der Waals surface area contributed by atoms with Crippen LogP contribution in [0.4, 0.5) is 8.78 Å². The van der Waals surface area contributed by atoms with Crippen LogP contribution in [0.25, 0.3) is 11.0 Å². The number of nitrogens with zero attached hydrogens (tertiary/aromatic N) is 2. The number of alkyl halides is 2. The maximum absolute atomic E-state index is 13.6. The lowest BCUT2D eigenvalue weighted by Gasteiger charge is -2.16. The molecule has 0 unspecified atom stereocenters. The van der Waals surface area contributed by atoms with Crippen LogP contribution in [0, 0.1) is 0 Å². The second kappa shape index (κ2) is 9.63. The summed E-state index contributed by atoms with van der Waals surface area (Å²) < 4.78 is 44.1. The average molecular weight is 433 g/mol. The summed E-state index contributed by atoms with van der Waals surface area (Å²) >= 11 is 0. The molecule has 1 aromatic heterocycles. The Morgan fingerprint density at radius 1 is 1.10 bits per heavy atom. The van der Waals surface area contributed by atoms with Crippen molar-refractivity contribution in [1.82, 2.24) is 14.9 Å². The van der Waals surface area contributed by atoms with Crippen molar-refractivity contribution in [2.45, 2.75) is 25.8 Å². The van der Waals surface area contributed by atoms with Gasteiger partial charge in [0.1, 0.15) is 5.82 Å². The van der Waals surface area contributed by atoms with Gasteiger partial charge in [0.15, 0.2) is 11.5 Å². The fourth-order valence-electron chi connectivity index (χ4n) is 3.46. The van der Waals surface area contributed by atoms with Crippen molar-refractivity contribution in [2.24, 2.45) is 0 Å². The molecule has 0 saturated carbocycles. The molecule has 0 bridgehead atoms. The number of carbonyl (C=O) groups is 1. The molecule has 0 saturated heterocycles. The van der Waals surface area contributed by atoms with E-state index in [0.29, 0.717) is 33.8 Å². The van der Waals surface area contributed by atoms with Gasteiger partial charge in [0.05, 0.1) is 38.8 Å². The fourth-order valence-corrected chi connectivity index (χ4v) is 3.46. The highest BCUT2D eigenvalue weighted by Gasteiger charge is 2.22. The molecule has 1 atom stereocenters. The van der Waals surface area contributed by atoms with Crippen molar-refractivity contribution in [3.63, 3.8) is 0 Å². The third-order valence-corrected chi connectivity index (χ3v) is 4.95. The highest BCUT2D eigenvalue weighted by molar-refractivity contribution is 5.79. The lowest BCUT2D eigenvalue weighted by molar-refractivity contribution is -0.120. The molecule has 0 aliphatic carbocycles. The first-order chi connectivity index (χ1) is 14.9. The first-order valence-electron chi connectivity index (χ1n) is 9.70. The molecule has 0 aliphatic rings. The molecule has 3 aromatic rings. The average Bonchev–Trinajstić information content (AvgIpc) is 3.16. The lowest BCUT2D eigenvalue weighted by atomic mass is 10.1. The standard InChI is InChI=1S/C22H25F2N3O4/c1-13(21-26-15-7-5-6-8-16(15)27(21)22(23)24)12-25-19(28)11-14-9-17(29-2)20(31-4)18(10-14)30-3/h5-10,13,22H,11-12H2,1-4H3,(H,25,28)/t13-/m1/s1. The van der Waals surface area contributed by atoms with Crippen molar-refractivity contribution in [1.29, 1.82) is 0 Å². The van der Waals surface area contributed by atoms with Crippen LogP contribution in [0.1, 0.15) is 30.8 Å². The third-order valence-electron chi connectivity index (χ3n) is 4.95. The van der Waals surface area contributed by atoms with Crippen molar-refractivity contribution in [3.8, 4) is 17.2 Å². The van der Waals surface area contributed by atoms with Gasteiger partial charge in [-0.05, 0) is 29.8 Å². The Morgan fingerprint density at radius 2 is 1.74 bits per heavy atom. The first-order valence-corrected chi connectivity index (χ1v) is 9.70. The molecule has 1 N–H and O–H groups in total. The quantitative estimate of drug-likeness (QED) is 0.554. The van der Waals surface area contributed by atoms with Crippen LogP contribution in [0.5, 0.6) is 17.2 Å². The Kier molecular flexibility index (Phi) is 6.94. The number of nitrogens with one attached hydrogen (secondary N) is 1. The second-order valence-corrected chi connectivity index (χ2v) is 7.02. The largest absolute Gasteiger partial charge is 0.493 e. The summed E-state index contributed by atoms with van der Waals surface area (Å²) in [6.45, 7) is -0.807. The molecule has 0 radical (unpaired) electrons. The highest BCUT2D eigenvalue weighted by atomic mass is 19.3. The van der Waals surface area contributed by atoms with Crippen molar-refractivity contribution in [3.05, 3.63) is 47.8 Å². The number of ether oxygens (including phenoxy) is 3. The molecular formula is C22H25F2N3O4. The van der Waals surface area contributed by atoms with E-state index in [1.165, 1.54) is 21.3 Å². The topological polar surface area (TPSA) is 74.6 Å². The molecule has 31 heavy (non-hydrogen) atoms. The molecule has 2 aromatic carbocycles. The molecule has 166 valence electrons. The SMILES string of the molecule is COc1cc(CC(=O)NC[C@@H](C)c2nc3ccccc3n2C(F)F)cc(OC)c1OC. The fraction of sp³-hybridized carbons (Fsp3) is 0.364. The van der Waals surface area contributed by atoms with Crippen molar-refractivity contribution >= 4 is 16.9 Å². The predicted molar refractivity (Wildman–Crippen MR) is 112 cm³/mol. The van der Waals surface area contributed by atoms with Gasteiger partial charge in [-0.25, -0.2) is 4.98 Å². The number of imidazole rings is 1. The van der Waals surface area contributed by atoms with Gasteiger partial charge in [0, 0.05) is 12.5 Å². The minimum Gasteiger partial charge on any atom is -0.493 e. The zero-order chi connectivity index (χ0) is 22.5. The van der Waals surface area contributed by atoms with Gasteiger partial charge < -0.3 is 19.5 Å². The van der Waals surface area contributed by atoms with Crippen LogP contribution in [0.3, 0.4) is 0 Å². The normalized spacial score (nSPS) is 12.1. The minimum atomic E-state index is -2.72. The Labute approximate surface area is 178 Å². The maximum Gasteiger partial charge on any atom is 0.320 e. The van der Waals surface area contributed by atoms with E-state index < -0.39 is 12.5 Å².